The van der Waals surface area contributed by atoms with E-state index in [0.717, 1.165) is 52.2 Å². The van der Waals surface area contributed by atoms with Crippen LogP contribution in [0, 0.1) is 0 Å². The normalized spacial score (nSPS) is 12.1. The van der Waals surface area contributed by atoms with Crippen LogP contribution < -0.4 is 23.7 Å². The first kappa shape index (κ1) is 25.4. The minimum absolute atomic E-state index is 0.0327. The molecule has 0 fully saturated rings. The van der Waals surface area contributed by atoms with Gasteiger partial charge in [-0.3, -0.25) is 0 Å². The van der Waals surface area contributed by atoms with E-state index in [1.807, 2.05) is 38.1 Å². The van der Waals surface area contributed by atoms with E-state index in [-0.39, 0.29) is 11.9 Å². The average Bonchev–Trinajstić information content (AvgIpc) is 3.31. The molecule has 1 aliphatic heterocycles. The molecule has 0 amide bonds. The molecule has 0 saturated heterocycles. The molecule has 1 aliphatic rings. The Morgan fingerprint density at radius 1 is 0.737 bits per heavy atom. The topological polar surface area (TPSA) is 71.3 Å². The molecular formula is C31H33NO6. The minimum Gasteiger partial charge on any atom is -0.508 e. The van der Waals surface area contributed by atoms with Gasteiger partial charge >= 0.3 is 0 Å². The highest BCUT2D eigenvalue weighted by Gasteiger charge is 2.28. The van der Waals surface area contributed by atoms with Crippen molar-refractivity contribution in [1.82, 2.24) is 4.57 Å². The molecule has 5 rings (SSSR count). The van der Waals surface area contributed by atoms with Crippen LogP contribution in [0.4, 0.5) is 0 Å². The van der Waals surface area contributed by atoms with Gasteiger partial charge in [-0.2, -0.15) is 0 Å². The number of aryl methyl sites for hydroxylation is 2. The lowest BCUT2D eigenvalue weighted by Gasteiger charge is -2.24. The molecule has 0 bridgehead atoms. The second-order valence-corrected chi connectivity index (χ2v) is 9.50. The highest BCUT2D eigenvalue weighted by Crippen LogP contribution is 2.50. The number of phenols is 1. The Kier molecular flexibility index (Phi) is 6.85. The Morgan fingerprint density at radius 3 is 1.97 bits per heavy atom. The maximum atomic E-state index is 9.94. The lowest BCUT2D eigenvalue weighted by molar-refractivity contribution is 0.230. The van der Waals surface area contributed by atoms with Crippen LogP contribution in [-0.4, -0.2) is 44.2 Å². The number of aromatic hydroxyl groups is 1. The van der Waals surface area contributed by atoms with Crippen LogP contribution in [0.15, 0.2) is 54.7 Å². The molecule has 0 atom stereocenters. The fourth-order valence-electron chi connectivity index (χ4n) is 5.18. The van der Waals surface area contributed by atoms with Gasteiger partial charge in [0.1, 0.15) is 5.75 Å². The summed E-state index contributed by atoms with van der Waals surface area (Å²) in [5, 5.41) is 9.94. The van der Waals surface area contributed by atoms with E-state index >= 15 is 0 Å². The monoisotopic (exact) mass is 515 g/mol. The van der Waals surface area contributed by atoms with Crippen molar-refractivity contribution < 1.29 is 28.8 Å². The number of methoxy groups -OCH3 is 4. The van der Waals surface area contributed by atoms with Crippen LogP contribution in [0.5, 0.6) is 34.5 Å². The maximum Gasteiger partial charge on any atom is 0.203 e. The van der Waals surface area contributed by atoms with E-state index in [0.29, 0.717) is 23.0 Å². The fraction of sp³-hybridized carbons (Fsp3) is 0.290. The smallest absolute Gasteiger partial charge is 0.203 e. The Labute approximate surface area is 223 Å². The third kappa shape index (κ3) is 4.38. The van der Waals surface area contributed by atoms with Gasteiger partial charge in [-0.1, -0.05) is 12.1 Å². The third-order valence-electron chi connectivity index (χ3n) is 6.84. The van der Waals surface area contributed by atoms with Crippen LogP contribution in [-0.2, 0) is 13.0 Å². The SMILES string of the molecule is COc1cc2c(cc1OC(C)C)CCn1cc(-c3ccc(O)cc3)c(-c3cc(OC)c(OC)c(OC)c3)c1-2. The lowest BCUT2D eigenvalue weighted by Crippen LogP contribution is -2.12. The van der Waals surface area contributed by atoms with Crippen LogP contribution in [0.2, 0.25) is 0 Å². The summed E-state index contributed by atoms with van der Waals surface area (Å²) in [5.74, 6) is 3.35. The van der Waals surface area contributed by atoms with Crippen molar-refractivity contribution >= 4 is 0 Å². The molecule has 0 unspecified atom stereocenters. The molecule has 7 nitrogen and oxygen atoms in total. The zero-order chi connectivity index (χ0) is 27.0. The van der Waals surface area contributed by atoms with Crippen molar-refractivity contribution in [3.8, 4) is 68.0 Å². The maximum absolute atomic E-state index is 9.94. The van der Waals surface area contributed by atoms with Gasteiger partial charge in [0.25, 0.3) is 0 Å². The van der Waals surface area contributed by atoms with Gasteiger partial charge in [0.05, 0.1) is 40.2 Å². The molecule has 0 radical (unpaired) electrons. The summed E-state index contributed by atoms with van der Waals surface area (Å²) >= 11 is 0. The first-order valence-corrected chi connectivity index (χ1v) is 12.6. The second-order valence-electron chi connectivity index (χ2n) is 9.50. The van der Waals surface area contributed by atoms with Gasteiger partial charge in [0.2, 0.25) is 5.75 Å². The Bertz CT molecular complexity index is 1440. The number of hydrogen-bond acceptors (Lipinski definition) is 6. The van der Waals surface area contributed by atoms with Gasteiger partial charge in [-0.25, -0.2) is 0 Å². The van der Waals surface area contributed by atoms with Crippen LogP contribution >= 0.6 is 0 Å². The number of benzene rings is 3. The molecule has 38 heavy (non-hydrogen) atoms. The molecular weight excluding hydrogens is 482 g/mol. The van der Waals surface area contributed by atoms with Gasteiger partial charge < -0.3 is 33.4 Å². The van der Waals surface area contributed by atoms with Gasteiger partial charge in [0, 0.05) is 29.4 Å². The van der Waals surface area contributed by atoms with Crippen LogP contribution in [0.1, 0.15) is 19.4 Å². The lowest BCUT2D eigenvalue weighted by atomic mass is 9.90. The first-order chi connectivity index (χ1) is 18.4. The van der Waals surface area contributed by atoms with Gasteiger partial charge in [-0.05, 0) is 73.4 Å². The zero-order valence-electron chi connectivity index (χ0n) is 22.6. The number of nitrogens with zero attached hydrogens (tertiary/aromatic N) is 1. The molecule has 0 aliphatic carbocycles. The Balaban J connectivity index is 1.82. The number of ether oxygens (including phenoxy) is 5. The van der Waals surface area contributed by atoms with Crippen LogP contribution in [0.25, 0.3) is 33.5 Å². The van der Waals surface area contributed by atoms with E-state index in [1.54, 1.807) is 40.6 Å². The zero-order valence-corrected chi connectivity index (χ0v) is 22.6. The van der Waals surface area contributed by atoms with Crippen molar-refractivity contribution in [2.75, 3.05) is 28.4 Å². The summed E-state index contributed by atoms with van der Waals surface area (Å²) in [6.45, 7) is 4.83. The standard InChI is InChI=1S/C31H33NO6/c1-18(2)38-26-13-20-11-12-32-17-24(19-7-9-22(33)10-8-19)29(30(32)23(20)16-25(26)34-3)21-14-27(35-4)31(37-6)28(15-21)36-5/h7-10,13-18,33H,11-12H2,1-6H3. The van der Waals surface area contributed by atoms with Crippen molar-refractivity contribution in [1.29, 1.82) is 0 Å². The van der Waals surface area contributed by atoms with E-state index in [2.05, 4.69) is 22.9 Å². The predicted molar refractivity (Wildman–Crippen MR) is 148 cm³/mol. The molecule has 4 aromatic rings. The molecule has 2 heterocycles. The highest BCUT2D eigenvalue weighted by molar-refractivity contribution is 5.96. The fourth-order valence-corrected chi connectivity index (χ4v) is 5.18. The van der Waals surface area contributed by atoms with Crippen molar-refractivity contribution in [2.24, 2.45) is 0 Å². The summed E-state index contributed by atoms with van der Waals surface area (Å²) in [4.78, 5) is 0. The third-order valence-corrected chi connectivity index (χ3v) is 6.84. The highest BCUT2D eigenvalue weighted by atomic mass is 16.5. The van der Waals surface area contributed by atoms with E-state index in [9.17, 15) is 5.11 Å². The molecule has 0 spiro atoms. The summed E-state index contributed by atoms with van der Waals surface area (Å²) in [5.41, 5.74) is 7.31. The molecule has 0 saturated carbocycles. The predicted octanol–water partition coefficient (Wildman–Crippen LogP) is 6.57. The van der Waals surface area contributed by atoms with E-state index in [4.69, 9.17) is 23.7 Å². The Morgan fingerprint density at radius 2 is 1.39 bits per heavy atom. The number of hydrogen-bond donors (Lipinski definition) is 1. The first-order valence-electron chi connectivity index (χ1n) is 12.6. The quantitative estimate of drug-likeness (QED) is 0.286. The molecule has 198 valence electrons. The summed E-state index contributed by atoms with van der Waals surface area (Å²) < 4.78 is 31.1. The Hall–Kier alpha value is -4.26. The average molecular weight is 516 g/mol. The van der Waals surface area contributed by atoms with Gasteiger partial charge in [-0.15, -0.1) is 0 Å². The molecule has 1 aromatic heterocycles. The summed E-state index contributed by atoms with van der Waals surface area (Å²) in [7, 11) is 6.50. The molecule has 7 heteroatoms. The molecule has 3 aromatic carbocycles. The largest absolute Gasteiger partial charge is 0.508 e. The van der Waals surface area contributed by atoms with Crippen molar-refractivity contribution in [2.45, 2.75) is 32.9 Å². The summed E-state index contributed by atoms with van der Waals surface area (Å²) in [6.07, 6.45) is 3.07. The van der Waals surface area contributed by atoms with E-state index < -0.39 is 0 Å². The minimum atomic E-state index is 0.0327. The van der Waals surface area contributed by atoms with Crippen LogP contribution in [0.3, 0.4) is 0 Å². The second kappa shape index (κ2) is 10.2. The van der Waals surface area contributed by atoms with Crippen molar-refractivity contribution in [3.05, 3.63) is 60.3 Å². The van der Waals surface area contributed by atoms with Crippen molar-refractivity contribution in [3.63, 3.8) is 0 Å². The number of phenolic OH excluding ortho intramolecular Hbond substituents is 1. The number of rotatable bonds is 8. The van der Waals surface area contributed by atoms with Gasteiger partial charge in [0.15, 0.2) is 23.0 Å². The number of aromatic nitrogens is 1. The number of fused-ring (bicyclic) bond motifs is 3. The summed E-state index contributed by atoms with van der Waals surface area (Å²) in [6, 6.07) is 15.4. The van der Waals surface area contributed by atoms with E-state index in [1.165, 1.54) is 5.56 Å². The molecule has 1 N–H and O–H groups in total.